The fraction of sp³-hybridized carbons (Fsp3) is 0.143. The Balaban J connectivity index is 2.06. The molecule has 0 bridgehead atoms. The van der Waals surface area contributed by atoms with Gasteiger partial charge in [0.1, 0.15) is 8.07 Å². The number of rotatable bonds is 2. The molecule has 0 unspecified atom stereocenters. The third-order valence-corrected chi connectivity index (χ3v) is 7.78. The maximum Gasteiger partial charge on any atom is 0.117 e. The van der Waals surface area contributed by atoms with E-state index in [-0.39, 0.29) is 0 Å². The zero-order chi connectivity index (χ0) is 10.1. The third kappa shape index (κ3) is 1.43. The number of hydrogen-bond acceptors (Lipinski definition) is 0. The minimum Gasteiger partial charge on any atom is -0.0626 e. The van der Waals surface area contributed by atoms with Crippen LogP contribution >= 0.6 is 0 Å². The first-order chi connectivity index (χ1) is 7.42. The van der Waals surface area contributed by atoms with Gasteiger partial charge in [-0.25, -0.2) is 0 Å². The summed E-state index contributed by atoms with van der Waals surface area (Å²) in [5.74, 6) is 0. The van der Waals surface area contributed by atoms with Gasteiger partial charge in [-0.3, -0.25) is 0 Å². The van der Waals surface area contributed by atoms with Gasteiger partial charge in [-0.15, -0.1) is 0 Å². The Morgan fingerprint density at radius 3 is 1.33 bits per heavy atom. The maximum atomic E-state index is 2.31. The molecule has 1 fully saturated rings. The van der Waals surface area contributed by atoms with E-state index in [2.05, 4.69) is 60.7 Å². The zero-order valence-corrected chi connectivity index (χ0v) is 9.69. The molecule has 0 aliphatic carbocycles. The first-order valence-electron chi connectivity index (χ1n) is 5.53. The highest BCUT2D eigenvalue weighted by molar-refractivity contribution is 7.09. The normalized spacial score (nSPS) is 17.3. The van der Waals surface area contributed by atoms with E-state index in [0.717, 1.165) is 0 Å². The highest BCUT2D eigenvalue weighted by Gasteiger charge is 2.48. The first kappa shape index (κ1) is 8.92. The van der Waals surface area contributed by atoms with Crippen molar-refractivity contribution in [3.05, 3.63) is 60.7 Å². The Kier molecular flexibility index (Phi) is 1.99. The van der Waals surface area contributed by atoms with Crippen molar-refractivity contribution in [3.63, 3.8) is 0 Å². The number of hydrogen-bond donors (Lipinski definition) is 0. The predicted octanol–water partition coefficient (Wildman–Crippen LogP) is 2.26. The van der Waals surface area contributed by atoms with Gasteiger partial charge in [0.25, 0.3) is 0 Å². The summed E-state index contributed by atoms with van der Waals surface area (Å²) in [5.41, 5.74) is 0. The minimum absolute atomic E-state index is 1.21. The molecule has 1 aliphatic heterocycles. The molecular formula is C14H14Si. The average molecular weight is 210 g/mol. The van der Waals surface area contributed by atoms with Crippen LogP contribution in [0.25, 0.3) is 0 Å². The summed E-state index contributed by atoms with van der Waals surface area (Å²) in [5, 5.41) is 3.22. The van der Waals surface area contributed by atoms with Crippen LogP contribution in [-0.2, 0) is 0 Å². The molecule has 0 nitrogen and oxygen atoms in total. The summed E-state index contributed by atoms with van der Waals surface area (Å²) in [6.07, 6.45) is 0. The fourth-order valence-electron chi connectivity index (χ4n) is 2.38. The molecule has 0 N–H and O–H groups in total. The largest absolute Gasteiger partial charge is 0.117 e. The number of benzene rings is 2. The van der Waals surface area contributed by atoms with Crippen molar-refractivity contribution in [3.8, 4) is 0 Å². The highest BCUT2D eigenvalue weighted by Crippen LogP contribution is 2.34. The zero-order valence-electron chi connectivity index (χ0n) is 8.69. The van der Waals surface area contributed by atoms with Crippen molar-refractivity contribution in [2.24, 2.45) is 0 Å². The van der Waals surface area contributed by atoms with Crippen LogP contribution in [0.5, 0.6) is 0 Å². The molecule has 0 saturated carbocycles. The summed E-state index contributed by atoms with van der Waals surface area (Å²) in [6.45, 7) is 0. The van der Waals surface area contributed by atoms with E-state index < -0.39 is 8.07 Å². The van der Waals surface area contributed by atoms with E-state index in [1.165, 1.54) is 12.1 Å². The summed E-state index contributed by atoms with van der Waals surface area (Å²) in [6, 6.07) is 25.0. The van der Waals surface area contributed by atoms with E-state index in [4.69, 9.17) is 0 Å². The molecule has 1 saturated heterocycles. The van der Waals surface area contributed by atoms with Crippen molar-refractivity contribution in [2.45, 2.75) is 12.1 Å². The van der Waals surface area contributed by atoms with Crippen molar-refractivity contribution in [1.82, 2.24) is 0 Å². The second kappa shape index (κ2) is 3.35. The summed E-state index contributed by atoms with van der Waals surface area (Å²) in [7, 11) is -1.21. The molecule has 15 heavy (non-hydrogen) atoms. The molecule has 1 heterocycles. The lowest BCUT2D eigenvalue weighted by molar-refractivity contribution is 1.69. The van der Waals surface area contributed by atoms with Gasteiger partial charge in [-0.2, -0.15) is 0 Å². The van der Waals surface area contributed by atoms with Crippen LogP contribution < -0.4 is 10.4 Å². The smallest absolute Gasteiger partial charge is 0.0626 e. The van der Waals surface area contributed by atoms with E-state index in [1.54, 1.807) is 10.4 Å². The fourth-order valence-corrected chi connectivity index (χ4v) is 6.53. The lowest BCUT2D eigenvalue weighted by atomic mass is 10.4. The quantitative estimate of drug-likeness (QED) is 0.667. The monoisotopic (exact) mass is 210 g/mol. The van der Waals surface area contributed by atoms with Crippen molar-refractivity contribution in [2.75, 3.05) is 0 Å². The molecule has 1 heteroatoms. The standard InChI is InChI=1S/C14H14Si/c1-3-7-13(8-4-1)15(11-12-15)14-9-5-2-6-10-14/h1-10H,11-12H2. The van der Waals surface area contributed by atoms with Crippen LogP contribution in [0.4, 0.5) is 0 Å². The summed E-state index contributed by atoms with van der Waals surface area (Å²) in [4.78, 5) is 0. The Labute approximate surface area is 91.6 Å². The van der Waals surface area contributed by atoms with Crippen molar-refractivity contribution < 1.29 is 0 Å². The van der Waals surface area contributed by atoms with Gasteiger partial charge < -0.3 is 0 Å². The van der Waals surface area contributed by atoms with Gasteiger partial charge in [0, 0.05) is 0 Å². The second-order valence-corrected chi connectivity index (χ2v) is 8.63. The van der Waals surface area contributed by atoms with Gasteiger partial charge in [-0.05, 0) is 0 Å². The average Bonchev–Trinajstić information content (AvgIpc) is 3.13. The topological polar surface area (TPSA) is 0 Å². The first-order valence-corrected chi connectivity index (χ1v) is 7.94. The van der Waals surface area contributed by atoms with Gasteiger partial charge in [0.15, 0.2) is 0 Å². The van der Waals surface area contributed by atoms with Crippen molar-refractivity contribution in [1.29, 1.82) is 0 Å². The van der Waals surface area contributed by atoms with E-state index in [1.807, 2.05) is 0 Å². The van der Waals surface area contributed by atoms with Gasteiger partial charge in [0.2, 0.25) is 0 Å². The van der Waals surface area contributed by atoms with Crippen LogP contribution in [0.3, 0.4) is 0 Å². The third-order valence-electron chi connectivity index (χ3n) is 3.40. The second-order valence-electron chi connectivity index (χ2n) is 4.31. The van der Waals surface area contributed by atoms with Gasteiger partial charge in [-0.1, -0.05) is 83.1 Å². The molecule has 1 aliphatic rings. The van der Waals surface area contributed by atoms with Crippen LogP contribution in [0.1, 0.15) is 0 Å². The predicted molar refractivity (Wildman–Crippen MR) is 67.5 cm³/mol. The molecule has 2 aromatic carbocycles. The molecule has 0 atom stereocenters. The van der Waals surface area contributed by atoms with E-state index in [0.29, 0.717) is 0 Å². The Morgan fingerprint density at radius 2 is 1.00 bits per heavy atom. The Morgan fingerprint density at radius 1 is 0.600 bits per heavy atom. The maximum absolute atomic E-state index is 2.31. The van der Waals surface area contributed by atoms with E-state index in [9.17, 15) is 0 Å². The molecule has 74 valence electrons. The van der Waals surface area contributed by atoms with Crippen LogP contribution in [0.15, 0.2) is 60.7 Å². The van der Waals surface area contributed by atoms with Crippen LogP contribution in [0, 0.1) is 0 Å². The lowest BCUT2D eigenvalue weighted by Gasteiger charge is -2.13. The van der Waals surface area contributed by atoms with Gasteiger partial charge >= 0.3 is 0 Å². The van der Waals surface area contributed by atoms with E-state index >= 15 is 0 Å². The molecule has 3 rings (SSSR count). The Bertz CT molecular complexity index is 402. The Hall–Kier alpha value is -1.34. The molecule has 0 amide bonds. The summed E-state index contributed by atoms with van der Waals surface area (Å²) < 4.78 is 0. The van der Waals surface area contributed by atoms with Crippen molar-refractivity contribution >= 4 is 18.4 Å². The lowest BCUT2D eigenvalue weighted by Crippen LogP contribution is -2.44. The minimum atomic E-state index is -1.21. The van der Waals surface area contributed by atoms with Crippen LogP contribution in [0.2, 0.25) is 12.1 Å². The molecule has 2 aromatic rings. The SMILES string of the molecule is c1ccc([Si]2(c3ccccc3)CC2)cc1. The molecular weight excluding hydrogens is 196 g/mol. The highest BCUT2D eigenvalue weighted by atomic mass is 28.3. The molecule has 0 spiro atoms. The molecule has 0 aromatic heterocycles. The van der Waals surface area contributed by atoms with Crippen LogP contribution in [-0.4, -0.2) is 8.07 Å². The molecule has 0 radical (unpaired) electrons. The summed E-state index contributed by atoms with van der Waals surface area (Å²) >= 11 is 0. The van der Waals surface area contributed by atoms with Gasteiger partial charge in [0.05, 0.1) is 0 Å².